The normalized spacial score (nSPS) is 30.4. The van der Waals surface area contributed by atoms with Gasteiger partial charge in [0.25, 0.3) is 0 Å². The summed E-state index contributed by atoms with van der Waals surface area (Å²) in [5.41, 5.74) is 0.781. The summed E-state index contributed by atoms with van der Waals surface area (Å²) in [5.74, 6) is 0.305. The molecule has 0 radical (unpaired) electrons. The van der Waals surface area contributed by atoms with Crippen molar-refractivity contribution in [3.8, 4) is 5.75 Å². The van der Waals surface area contributed by atoms with Crippen LogP contribution in [0.2, 0.25) is 0 Å². The third kappa shape index (κ3) is 2.45. The van der Waals surface area contributed by atoms with Gasteiger partial charge in [-0.15, -0.1) is 0 Å². The molecular formula is C14H21NO2. The Morgan fingerprint density at radius 2 is 2.29 bits per heavy atom. The van der Waals surface area contributed by atoms with Gasteiger partial charge in [0.15, 0.2) is 0 Å². The Morgan fingerprint density at radius 1 is 1.53 bits per heavy atom. The summed E-state index contributed by atoms with van der Waals surface area (Å²) in [6.07, 6.45) is 1.13. The standard InChI is InChI=1S/C14H21NO2/c1-4-14(10-15(3)9-11(2)17-14)12-6-5-7-13(16)8-12/h5-8,11,16H,4,9-10H2,1-3H3/t11-,14-/m0/s1. The number of ether oxygens (including phenoxy) is 1. The summed E-state index contributed by atoms with van der Waals surface area (Å²) >= 11 is 0. The van der Waals surface area contributed by atoms with Crippen molar-refractivity contribution in [2.24, 2.45) is 0 Å². The zero-order valence-corrected chi connectivity index (χ0v) is 10.8. The van der Waals surface area contributed by atoms with Crippen LogP contribution >= 0.6 is 0 Å². The molecule has 0 aliphatic carbocycles. The van der Waals surface area contributed by atoms with Crippen LogP contribution in [0.3, 0.4) is 0 Å². The van der Waals surface area contributed by atoms with Gasteiger partial charge in [-0.1, -0.05) is 19.1 Å². The third-order valence-electron chi connectivity index (χ3n) is 3.46. The molecule has 1 aliphatic heterocycles. The van der Waals surface area contributed by atoms with E-state index in [2.05, 4.69) is 25.8 Å². The van der Waals surface area contributed by atoms with E-state index in [0.717, 1.165) is 25.1 Å². The van der Waals surface area contributed by atoms with E-state index in [1.807, 2.05) is 18.2 Å². The molecule has 0 aromatic heterocycles. The van der Waals surface area contributed by atoms with E-state index in [-0.39, 0.29) is 11.7 Å². The van der Waals surface area contributed by atoms with E-state index < -0.39 is 0 Å². The van der Waals surface area contributed by atoms with E-state index in [1.54, 1.807) is 6.07 Å². The van der Waals surface area contributed by atoms with Gasteiger partial charge in [0.2, 0.25) is 0 Å². The van der Waals surface area contributed by atoms with Gasteiger partial charge in [-0.2, -0.15) is 0 Å². The molecular weight excluding hydrogens is 214 g/mol. The molecule has 1 fully saturated rings. The maximum atomic E-state index is 9.62. The molecule has 3 heteroatoms. The third-order valence-corrected chi connectivity index (χ3v) is 3.46. The maximum Gasteiger partial charge on any atom is 0.115 e. The summed E-state index contributed by atoms with van der Waals surface area (Å²) in [5, 5.41) is 9.62. The quantitative estimate of drug-likeness (QED) is 0.854. The first kappa shape index (κ1) is 12.4. The molecule has 1 heterocycles. The van der Waals surface area contributed by atoms with E-state index >= 15 is 0 Å². The van der Waals surface area contributed by atoms with Gasteiger partial charge in [0.1, 0.15) is 11.4 Å². The van der Waals surface area contributed by atoms with Crippen LogP contribution in [0.25, 0.3) is 0 Å². The van der Waals surface area contributed by atoms with Gasteiger partial charge >= 0.3 is 0 Å². The number of hydrogen-bond donors (Lipinski definition) is 1. The lowest BCUT2D eigenvalue weighted by atomic mass is 9.88. The molecule has 3 nitrogen and oxygen atoms in total. The lowest BCUT2D eigenvalue weighted by molar-refractivity contribution is -0.151. The average molecular weight is 235 g/mol. The first-order valence-corrected chi connectivity index (χ1v) is 6.21. The van der Waals surface area contributed by atoms with E-state index in [0.29, 0.717) is 5.75 Å². The first-order valence-electron chi connectivity index (χ1n) is 6.21. The Balaban J connectivity index is 2.36. The number of benzene rings is 1. The van der Waals surface area contributed by atoms with Crippen molar-refractivity contribution >= 4 is 0 Å². The van der Waals surface area contributed by atoms with Crippen LogP contribution in [0.4, 0.5) is 0 Å². The number of phenolic OH excluding ortho intramolecular Hbond substituents is 1. The Bertz CT molecular complexity index is 382. The highest BCUT2D eigenvalue weighted by Crippen LogP contribution is 2.35. The van der Waals surface area contributed by atoms with Crippen molar-refractivity contribution in [1.29, 1.82) is 0 Å². The van der Waals surface area contributed by atoms with Crippen LogP contribution in [0.15, 0.2) is 24.3 Å². The first-order chi connectivity index (χ1) is 8.05. The topological polar surface area (TPSA) is 32.7 Å². The number of likely N-dealkylation sites (N-methyl/N-ethyl adjacent to an activating group) is 1. The monoisotopic (exact) mass is 235 g/mol. The molecule has 0 bridgehead atoms. The summed E-state index contributed by atoms with van der Waals surface area (Å²) in [6.45, 7) is 6.07. The summed E-state index contributed by atoms with van der Waals surface area (Å²) < 4.78 is 6.18. The summed E-state index contributed by atoms with van der Waals surface area (Å²) in [7, 11) is 2.12. The van der Waals surface area contributed by atoms with Crippen LogP contribution in [0, 0.1) is 0 Å². The summed E-state index contributed by atoms with van der Waals surface area (Å²) in [6, 6.07) is 7.43. The number of aromatic hydroxyl groups is 1. The predicted octanol–water partition coefficient (Wildman–Crippen LogP) is 2.35. The molecule has 94 valence electrons. The smallest absolute Gasteiger partial charge is 0.115 e. The SMILES string of the molecule is CC[C@@]1(c2cccc(O)c2)CN(C)C[C@H](C)O1. The minimum atomic E-state index is -0.287. The molecule has 1 aliphatic rings. The van der Waals surface area contributed by atoms with Crippen molar-refractivity contribution in [2.75, 3.05) is 20.1 Å². The fourth-order valence-corrected chi connectivity index (χ4v) is 2.75. The van der Waals surface area contributed by atoms with Crippen molar-refractivity contribution in [3.05, 3.63) is 29.8 Å². The highest BCUT2D eigenvalue weighted by molar-refractivity contribution is 5.32. The van der Waals surface area contributed by atoms with E-state index in [1.165, 1.54) is 0 Å². The van der Waals surface area contributed by atoms with Crippen molar-refractivity contribution in [2.45, 2.75) is 32.0 Å². The van der Waals surface area contributed by atoms with Gasteiger partial charge in [-0.05, 0) is 38.1 Å². The van der Waals surface area contributed by atoms with E-state index in [4.69, 9.17) is 4.74 Å². The lowest BCUT2D eigenvalue weighted by Crippen LogP contribution is -2.51. The zero-order valence-electron chi connectivity index (χ0n) is 10.8. The Labute approximate surface area is 103 Å². The largest absolute Gasteiger partial charge is 0.508 e. The zero-order chi connectivity index (χ0) is 12.5. The maximum absolute atomic E-state index is 9.62. The molecule has 0 saturated carbocycles. The number of nitrogens with zero attached hydrogens (tertiary/aromatic N) is 1. The second-order valence-electron chi connectivity index (χ2n) is 5.02. The molecule has 1 saturated heterocycles. The van der Waals surface area contributed by atoms with Crippen LogP contribution in [-0.4, -0.2) is 36.2 Å². The minimum Gasteiger partial charge on any atom is -0.508 e. The Kier molecular flexibility index (Phi) is 3.40. The van der Waals surface area contributed by atoms with Crippen LogP contribution in [0.5, 0.6) is 5.75 Å². The second kappa shape index (κ2) is 4.67. The highest BCUT2D eigenvalue weighted by atomic mass is 16.5. The molecule has 1 aromatic carbocycles. The predicted molar refractivity (Wildman–Crippen MR) is 68.1 cm³/mol. The van der Waals surface area contributed by atoms with Gasteiger partial charge in [0, 0.05) is 13.1 Å². The lowest BCUT2D eigenvalue weighted by Gasteiger charge is -2.44. The van der Waals surface area contributed by atoms with Crippen molar-refractivity contribution in [3.63, 3.8) is 0 Å². The molecule has 1 aromatic rings. The van der Waals surface area contributed by atoms with Gasteiger partial charge in [-0.25, -0.2) is 0 Å². The second-order valence-corrected chi connectivity index (χ2v) is 5.02. The number of morpholine rings is 1. The fourth-order valence-electron chi connectivity index (χ4n) is 2.75. The number of rotatable bonds is 2. The van der Waals surface area contributed by atoms with Gasteiger partial charge in [-0.3, -0.25) is 0 Å². The number of hydrogen-bond acceptors (Lipinski definition) is 3. The fraction of sp³-hybridized carbons (Fsp3) is 0.571. The van der Waals surface area contributed by atoms with Gasteiger partial charge < -0.3 is 14.7 Å². The van der Waals surface area contributed by atoms with Crippen LogP contribution in [-0.2, 0) is 10.3 Å². The minimum absolute atomic E-state index is 0.219. The van der Waals surface area contributed by atoms with Crippen molar-refractivity contribution in [1.82, 2.24) is 4.90 Å². The molecule has 0 unspecified atom stereocenters. The summed E-state index contributed by atoms with van der Waals surface area (Å²) in [4.78, 5) is 2.29. The molecule has 0 spiro atoms. The van der Waals surface area contributed by atoms with Gasteiger partial charge in [0.05, 0.1) is 6.10 Å². The van der Waals surface area contributed by atoms with Crippen molar-refractivity contribution < 1.29 is 9.84 Å². The molecule has 2 rings (SSSR count). The molecule has 1 N–H and O–H groups in total. The highest BCUT2D eigenvalue weighted by Gasteiger charge is 2.38. The number of phenols is 1. The van der Waals surface area contributed by atoms with E-state index in [9.17, 15) is 5.11 Å². The molecule has 2 atom stereocenters. The van der Waals surface area contributed by atoms with Crippen LogP contribution in [0.1, 0.15) is 25.8 Å². The Hall–Kier alpha value is -1.06. The van der Waals surface area contributed by atoms with Crippen LogP contribution < -0.4 is 0 Å². The average Bonchev–Trinajstić information content (AvgIpc) is 2.27. The molecule has 0 amide bonds. The Morgan fingerprint density at radius 3 is 2.88 bits per heavy atom. The molecule has 17 heavy (non-hydrogen) atoms.